The van der Waals surface area contributed by atoms with Crippen LogP contribution in [-0.4, -0.2) is 59.6 Å². The van der Waals surface area contributed by atoms with Crippen LogP contribution in [0.3, 0.4) is 0 Å². The Morgan fingerprint density at radius 2 is 2.00 bits per heavy atom. The highest BCUT2D eigenvalue weighted by Gasteiger charge is 2.23. The van der Waals surface area contributed by atoms with Crippen LogP contribution < -0.4 is 20.7 Å². The predicted molar refractivity (Wildman–Crippen MR) is 147 cm³/mol. The van der Waals surface area contributed by atoms with Gasteiger partial charge in [0.1, 0.15) is 18.1 Å². The predicted octanol–water partition coefficient (Wildman–Crippen LogP) is 4.40. The van der Waals surface area contributed by atoms with Crippen molar-refractivity contribution in [3.63, 3.8) is 0 Å². The van der Waals surface area contributed by atoms with E-state index in [4.69, 9.17) is 18.7 Å². The Balaban J connectivity index is 1.36. The molecule has 214 valence electrons. The van der Waals surface area contributed by atoms with E-state index in [0.717, 1.165) is 5.56 Å². The average Bonchev–Trinajstić information content (AvgIpc) is 3.59. The minimum absolute atomic E-state index is 0.107. The number of anilines is 2. The first-order valence-corrected chi connectivity index (χ1v) is 14.4. The Morgan fingerprint density at radius 3 is 2.73 bits per heavy atom. The van der Waals surface area contributed by atoms with Gasteiger partial charge in [0.15, 0.2) is 0 Å². The van der Waals surface area contributed by atoms with Crippen LogP contribution in [0.1, 0.15) is 18.9 Å². The van der Waals surface area contributed by atoms with Crippen LogP contribution in [0.25, 0.3) is 11.3 Å². The number of alkyl carbamates (subject to hydrolysis) is 1. The second kappa shape index (κ2) is 13.4. The molecule has 3 aromatic rings. The normalized spacial score (nSPS) is 16.1. The zero-order valence-corrected chi connectivity index (χ0v) is 23.1. The lowest BCUT2D eigenvalue weighted by atomic mass is 10.1. The van der Waals surface area contributed by atoms with E-state index in [-0.39, 0.29) is 25.5 Å². The number of aromatic nitrogens is 2. The van der Waals surface area contributed by atoms with Crippen LogP contribution in [0.2, 0.25) is 0 Å². The molecule has 14 heteroatoms. The van der Waals surface area contributed by atoms with E-state index < -0.39 is 19.7 Å². The number of carbonyl (C=O) groups excluding carboxylic acids is 2. The van der Waals surface area contributed by atoms with E-state index in [1.807, 2.05) is 6.07 Å². The number of rotatable bonds is 11. The molecule has 13 nitrogen and oxygen atoms in total. The largest absolute Gasteiger partial charge is 0.496 e. The van der Waals surface area contributed by atoms with Crippen molar-refractivity contribution < 1.29 is 37.8 Å². The highest BCUT2D eigenvalue weighted by Crippen LogP contribution is 2.45. The van der Waals surface area contributed by atoms with Gasteiger partial charge in [-0.25, -0.2) is 14.6 Å². The van der Waals surface area contributed by atoms with Crippen LogP contribution in [-0.2, 0) is 31.4 Å². The third kappa shape index (κ3) is 8.06. The van der Waals surface area contributed by atoms with Gasteiger partial charge < -0.3 is 44.1 Å². The number of hydrogen-bond donors (Lipinski definition) is 4. The molecular formula is C26H32N5O8P. The number of nitrogens with one attached hydrogen (secondary N) is 3. The number of urea groups is 1. The molecule has 0 spiro atoms. The number of nitrogens with zero attached hydrogens (tertiary/aromatic N) is 2. The molecule has 0 aliphatic carbocycles. The Bertz CT molecular complexity index is 1370. The highest BCUT2D eigenvalue weighted by molar-refractivity contribution is 7.51. The van der Waals surface area contributed by atoms with Gasteiger partial charge in [0.2, 0.25) is 0 Å². The van der Waals surface area contributed by atoms with Crippen LogP contribution in [0.5, 0.6) is 5.75 Å². The van der Waals surface area contributed by atoms with Crippen LogP contribution >= 0.6 is 7.60 Å². The third-order valence-corrected chi connectivity index (χ3v) is 7.22. The van der Waals surface area contributed by atoms with Gasteiger partial charge in [0, 0.05) is 36.0 Å². The van der Waals surface area contributed by atoms with E-state index in [1.165, 1.54) is 18.0 Å². The first-order valence-electron chi connectivity index (χ1n) is 12.6. The van der Waals surface area contributed by atoms with E-state index in [9.17, 15) is 19.0 Å². The van der Waals surface area contributed by atoms with Crippen molar-refractivity contribution in [2.45, 2.75) is 32.3 Å². The molecule has 40 heavy (non-hydrogen) atoms. The first kappa shape index (κ1) is 29.1. The lowest BCUT2D eigenvalue weighted by molar-refractivity contribution is 0.0828. The monoisotopic (exact) mass is 573 g/mol. The summed E-state index contributed by atoms with van der Waals surface area (Å²) in [5.41, 5.74) is 2.93. The molecule has 1 aliphatic heterocycles. The quantitative estimate of drug-likeness (QED) is 0.244. The maximum atomic E-state index is 12.7. The molecule has 1 saturated heterocycles. The fourth-order valence-corrected chi connectivity index (χ4v) is 5.19. The third-order valence-electron chi connectivity index (χ3n) is 5.89. The van der Waals surface area contributed by atoms with Crippen LogP contribution in [0.15, 0.2) is 55.0 Å². The summed E-state index contributed by atoms with van der Waals surface area (Å²) in [6.07, 6.45) is 2.65. The topological polar surface area (TPSA) is 162 Å². The van der Waals surface area contributed by atoms with Crippen molar-refractivity contribution in [3.05, 3.63) is 60.6 Å². The van der Waals surface area contributed by atoms with Gasteiger partial charge in [0.05, 0.1) is 45.1 Å². The molecule has 4 rings (SSSR count). The minimum Gasteiger partial charge on any atom is -0.496 e. The van der Waals surface area contributed by atoms with Gasteiger partial charge >= 0.3 is 19.7 Å². The van der Waals surface area contributed by atoms with Gasteiger partial charge in [0.25, 0.3) is 0 Å². The van der Waals surface area contributed by atoms with Gasteiger partial charge in [-0.3, -0.25) is 4.57 Å². The molecular weight excluding hydrogens is 541 g/mol. The Morgan fingerprint density at radius 1 is 1.20 bits per heavy atom. The Kier molecular flexibility index (Phi) is 9.78. The molecule has 0 bridgehead atoms. The molecule has 2 heterocycles. The molecule has 2 atom stereocenters. The molecule has 0 radical (unpaired) electrons. The summed E-state index contributed by atoms with van der Waals surface area (Å²) in [6, 6.07) is 11.6. The molecule has 4 N–H and O–H groups in total. The SMILES string of the molecule is CCOP(=O)(O)Cn1cncc1-c1ccc(NC(=O)Nc2cccc(CNC(=O)O[C@H]3CCOC3)c2)cc1OC. The summed E-state index contributed by atoms with van der Waals surface area (Å²) in [5.74, 6) is 0.424. The number of hydrogen-bond acceptors (Lipinski definition) is 8. The zero-order valence-electron chi connectivity index (χ0n) is 22.2. The van der Waals surface area contributed by atoms with Gasteiger partial charge in [-0.2, -0.15) is 0 Å². The molecule has 0 saturated carbocycles. The van der Waals surface area contributed by atoms with Crippen molar-refractivity contribution in [3.8, 4) is 17.0 Å². The van der Waals surface area contributed by atoms with Gasteiger partial charge in [-0.05, 0) is 36.8 Å². The standard InChI is InChI=1S/C26H32N5O8P/c1-3-38-40(34,35)17-31-16-27-14-23(31)22-8-7-20(12-24(22)36-2)30-25(32)29-19-6-4-5-18(11-19)13-28-26(33)39-21-9-10-37-15-21/h4-8,11-12,14,16,21H,3,9-10,13,15,17H2,1-2H3,(H,28,33)(H,34,35)(H2,29,30,32)/t21-/m0/s1. The fourth-order valence-electron chi connectivity index (χ4n) is 4.10. The van der Waals surface area contributed by atoms with Crippen molar-refractivity contribution in [1.82, 2.24) is 14.9 Å². The van der Waals surface area contributed by atoms with E-state index in [2.05, 4.69) is 20.9 Å². The number of amides is 3. The van der Waals surface area contributed by atoms with E-state index in [0.29, 0.717) is 48.0 Å². The van der Waals surface area contributed by atoms with Crippen molar-refractivity contribution >= 4 is 31.1 Å². The number of methoxy groups -OCH3 is 1. The number of imidazole rings is 1. The van der Waals surface area contributed by atoms with Gasteiger partial charge in [-0.15, -0.1) is 0 Å². The summed E-state index contributed by atoms with van der Waals surface area (Å²) in [5, 5.41) is 8.22. The molecule has 2 aromatic carbocycles. The molecule has 1 aliphatic rings. The Hall–Kier alpha value is -3.90. The van der Waals surface area contributed by atoms with Crippen LogP contribution in [0, 0.1) is 0 Å². The Labute approximate surface area is 231 Å². The molecule has 1 aromatic heterocycles. The molecule has 3 amide bonds. The summed E-state index contributed by atoms with van der Waals surface area (Å²) in [7, 11) is -2.36. The lowest BCUT2D eigenvalue weighted by Crippen LogP contribution is -2.28. The van der Waals surface area contributed by atoms with Crippen molar-refractivity contribution in [2.75, 3.05) is 37.6 Å². The number of ether oxygens (including phenoxy) is 3. The zero-order chi connectivity index (χ0) is 28.5. The smallest absolute Gasteiger partial charge is 0.407 e. The van der Waals surface area contributed by atoms with Crippen molar-refractivity contribution in [2.24, 2.45) is 0 Å². The fraction of sp³-hybridized carbons (Fsp3) is 0.346. The van der Waals surface area contributed by atoms with E-state index in [1.54, 1.807) is 49.5 Å². The summed E-state index contributed by atoms with van der Waals surface area (Å²) in [6.45, 7) is 2.97. The van der Waals surface area contributed by atoms with E-state index >= 15 is 0 Å². The number of carbonyl (C=O) groups is 2. The maximum absolute atomic E-state index is 12.7. The average molecular weight is 574 g/mol. The summed E-state index contributed by atoms with van der Waals surface area (Å²) < 4.78 is 34.7. The second-order valence-corrected chi connectivity index (χ2v) is 10.7. The second-order valence-electron chi connectivity index (χ2n) is 8.88. The molecule has 1 unspecified atom stereocenters. The first-order chi connectivity index (χ1) is 19.3. The molecule has 1 fully saturated rings. The minimum atomic E-state index is -3.85. The number of benzene rings is 2. The van der Waals surface area contributed by atoms with Gasteiger partial charge in [-0.1, -0.05) is 12.1 Å². The lowest BCUT2D eigenvalue weighted by Gasteiger charge is -2.16. The summed E-state index contributed by atoms with van der Waals surface area (Å²) in [4.78, 5) is 38.8. The maximum Gasteiger partial charge on any atom is 0.407 e. The van der Waals surface area contributed by atoms with Crippen LogP contribution in [0.4, 0.5) is 21.0 Å². The highest BCUT2D eigenvalue weighted by atomic mass is 31.2. The summed E-state index contributed by atoms with van der Waals surface area (Å²) >= 11 is 0. The van der Waals surface area contributed by atoms with Crippen molar-refractivity contribution in [1.29, 1.82) is 0 Å².